The Hall–Kier alpha value is -1.36. The van der Waals surface area contributed by atoms with Crippen LogP contribution in [0.3, 0.4) is 0 Å². The second kappa shape index (κ2) is 6.06. The third-order valence-corrected chi connectivity index (χ3v) is 11.5. The zero-order valence-corrected chi connectivity index (χ0v) is 21.0. The van der Waals surface area contributed by atoms with Gasteiger partial charge >= 0.3 is 0 Å². The second-order valence-electron chi connectivity index (χ2n) is 13.1. The van der Waals surface area contributed by atoms with Gasteiger partial charge in [0.25, 0.3) is 0 Å². The minimum Gasteiger partial charge on any atom is -0.486 e. The Morgan fingerprint density at radius 1 is 1.18 bits per heavy atom. The van der Waals surface area contributed by atoms with Crippen molar-refractivity contribution in [3.05, 3.63) is 41.5 Å². The monoisotopic (exact) mass is 449 g/mol. The minimum absolute atomic E-state index is 0.0207. The van der Waals surface area contributed by atoms with E-state index in [1.165, 1.54) is 29.7 Å². The summed E-state index contributed by atoms with van der Waals surface area (Å²) in [6.07, 6.45) is 7.97. The molecule has 1 aromatic carbocycles. The van der Waals surface area contributed by atoms with Crippen LogP contribution in [0.5, 0.6) is 5.75 Å². The molecule has 7 aliphatic rings. The number of nitrogens with zero attached hydrogens (tertiary/aromatic N) is 1. The van der Waals surface area contributed by atoms with Crippen molar-refractivity contribution in [3.63, 3.8) is 0 Å². The third-order valence-electron chi connectivity index (χ3n) is 11.5. The number of aryl methyl sites for hydroxylation is 1. The van der Waals surface area contributed by atoms with Gasteiger partial charge in [0.05, 0.1) is 5.60 Å². The van der Waals surface area contributed by atoms with Gasteiger partial charge in [-0.1, -0.05) is 39.0 Å². The first-order valence-electron chi connectivity index (χ1n) is 13.1. The normalized spacial score (nSPS) is 47.0. The molecule has 0 radical (unpaired) electrons. The van der Waals surface area contributed by atoms with Gasteiger partial charge in [-0.25, -0.2) is 0 Å². The SMILES string of the molecule is C=CCN1CC[C@]23c4c5ccc(C)c4O[C@H]2[C@@]24CC[C@@]3(C[C@@H]2[C@@](C)(C(C)(C)C)OCO4)[C@H]1C5. The van der Waals surface area contributed by atoms with Crippen LogP contribution in [0.25, 0.3) is 0 Å². The van der Waals surface area contributed by atoms with Gasteiger partial charge in [0, 0.05) is 34.9 Å². The first-order chi connectivity index (χ1) is 15.6. The van der Waals surface area contributed by atoms with Gasteiger partial charge in [-0.15, -0.1) is 6.58 Å². The first kappa shape index (κ1) is 21.0. The van der Waals surface area contributed by atoms with Crippen molar-refractivity contribution in [1.29, 1.82) is 0 Å². The summed E-state index contributed by atoms with van der Waals surface area (Å²) < 4.78 is 20.6. The molecule has 4 aliphatic carbocycles. The van der Waals surface area contributed by atoms with Crippen molar-refractivity contribution >= 4 is 0 Å². The van der Waals surface area contributed by atoms with E-state index < -0.39 is 0 Å². The lowest BCUT2D eigenvalue weighted by Crippen LogP contribution is -2.84. The molecule has 0 unspecified atom stereocenters. The number of fused-ring (bicyclic) bond motifs is 1. The smallest absolute Gasteiger partial charge is 0.148 e. The highest BCUT2D eigenvalue weighted by Crippen LogP contribution is 2.78. The lowest BCUT2D eigenvalue weighted by atomic mass is 9.33. The maximum atomic E-state index is 7.18. The molecule has 0 aromatic heterocycles. The van der Waals surface area contributed by atoms with E-state index in [1.54, 1.807) is 5.56 Å². The van der Waals surface area contributed by atoms with E-state index in [1.807, 2.05) is 0 Å². The van der Waals surface area contributed by atoms with E-state index >= 15 is 0 Å². The van der Waals surface area contributed by atoms with E-state index in [0.717, 1.165) is 32.4 Å². The topological polar surface area (TPSA) is 30.9 Å². The zero-order valence-electron chi connectivity index (χ0n) is 21.0. The maximum absolute atomic E-state index is 7.18. The molecule has 4 nitrogen and oxygen atoms in total. The molecule has 3 heterocycles. The van der Waals surface area contributed by atoms with Crippen LogP contribution in [-0.4, -0.2) is 48.1 Å². The van der Waals surface area contributed by atoms with Crippen molar-refractivity contribution in [1.82, 2.24) is 4.90 Å². The van der Waals surface area contributed by atoms with Crippen LogP contribution >= 0.6 is 0 Å². The van der Waals surface area contributed by atoms with Crippen molar-refractivity contribution in [3.8, 4) is 5.75 Å². The summed E-state index contributed by atoms with van der Waals surface area (Å²) in [6, 6.07) is 5.22. The molecule has 7 atom stereocenters. The number of likely N-dealkylation sites (tertiary alicyclic amines) is 1. The van der Waals surface area contributed by atoms with E-state index in [0.29, 0.717) is 18.8 Å². The van der Waals surface area contributed by atoms with E-state index in [4.69, 9.17) is 14.2 Å². The zero-order chi connectivity index (χ0) is 23.0. The van der Waals surface area contributed by atoms with Crippen LogP contribution in [0, 0.1) is 23.7 Å². The summed E-state index contributed by atoms with van der Waals surface area (Å²) in [5, 5.41) is 0. The highest BCUT2D eigenvalue weighted by atomic mass is 16.7. The van der Waals surface area contributed by atoms with E-state index in [9.17, 15) is 0 Å². The summed E-state index contributed by atoms with van der Waals surface area (Å²) in [5.74, 6) is 1.51. The fraction of sp³-hybridized carbons (Fsp3) is 0.724. The Bertz CT molecular complexity index is 1060. The molecule has 0 amide bonds. The Balaban J connectivity index is 1.51. The number of hydrogen-bond acceptors (Lipinski definition) is 4. The number of benzene rings is 1. The number of hydrogen-bond donors (Lipinski definition) is 0. The molecule has 4 bridgehead atoms. The van der Waals surface area contributed by atoms with Gasteiger partial charge in [0.15, 0.2) is 0 Å². The van der Waals surface area contributed by atoms with Gasteiger partial charge in [-0.2, -0.15) is 0 Å². The van der Waals surface area contributed by atoms with Crippen LogP contribution in [0.15, 0.2) is 24.8 Å². The van der Waals surface area contributed by atoms with Crippen LogP contribution in [0.2, 0.25) is 0 Å². The number of piperidine rings is 1. The molecule has 3 aliphatic heterocycles. The van der Waals surface area contributed by atoms with Crippen LogP contribution in [0.1, 0.15) is 70.1 Å². The van der Waals surface area contributed by atoms with E-state index in [-0.39, 0.29) is 33.6 Å². The average molecular weight is 450 g/mol. The summed E-state index contributed by atoms with van der Waals surface area (Å²) in [5.41, 5.74) is 4.15. The van der Waals surface area contributed by atoms with Crippen LogP contribution in [0.4, 0.5) is 0 Å². The van der Waals surface area contributed by atoms with Crippen LogP contribution < -0.4 is 4.74 Å². The van der Waals surface area contributed by atoms with E-state index in [2.05, 4.69) is 64.3 Å². The Kier molecular flexibility index (Phi) is 3.85. The molecular weight excluding hydrogens is 410 g/mol. The van der Waals surface area contributed by atoms with Crippen LogP contribution in [-0.2, 0) is 21.3 Å². The molecule has 3 spiro atoms. The van der Waals surface area contributed by atoms with Gasteiger partial charge in [-0.05, 0) is 69.0 Å². The molecule has 2 saturated heterocycles. The molecule has 5 fully saturated rings. The quantitative estimate of drug-likeness (QED) is 0.584. The molecule has 3 saturated carbocycles. The summed E-state index contributed by atoms with van der Waals surface area (Å²) >= 11 is 0. The lowest BCUT2D eigenvalue weighted by Gasteiger charge is -2.76. The van der Waals surface area contributed by atoms with Gasteiger partial charge in [0.1, 0.15) is 24.2 Å². The largest absolute Gasteiger partial charge is 0.486 e. The Labute approximate surface area is 198 Å². The second-order valence-corrected chi connectivity index (χ2v) is 13.1. The molecule has 8 rings (SSSR count). The van der Waals surface area contributed by atoms with Gasteiger partial charge < -0.3 is 14.2 Å². The molecule has 1 aromatic rings. The lowest BCUT2D eigenvalue weighted by molar-refractivity contribution is -0.389. The van der Waals surface area contributed by atoms with Gasteiger partial charge in [0.2, 0.25) is 0 Å². The molecule has 33 heavy (non-hydrogen) atoms. The first-order valence-corrected chi connectivity index (χ1v) is 13.1. The van der Waals surface area contributed by atoms with Crippen molar-refractivity contribution in [2.75, 3.05) is 19.9 Å². The molecule has 4 heteroatoms. The Morgan fingerprint density at radius 3 is 2.76 bits per heavy atom. The predicted molar refractivity (Wildman–Crippen MR) is 129 cm³/mol. The standard InChI is InChI=1S/C29H39NO3/c1-7-13-30-14-12-28-22-19-9-8-18(2)23(22)33-24(28)29-11-10-27(28,21(30)15-19)16-20(29)26(6,25(3,4)5)31-17-32-29/h7-9,20-21,24H,1,10-17H2,2-6H3/t20-,21-,24-,26+,27-,28+,29-/m1/s1. The summed E-state index contributed by atoms with van der Waals surface area (Å²) in [7, 11) is 0. The molecule has 0 N–H and O–H groups in total. The fourth-order valence-corrected chi connectivity index (χ4v) is 9.72. The van der Waals surface area contributed by atoms with Crippen molar-refractivity contribution in [2.45, 2.75) is 95.5 Å². The predicted octanol–water partition coefficient (Wildman–Crippen LogP) is 5.16. The number of ether oxygens (including phenoxy) is 3. The average Bonchev–Trinajstić information content (AvgIpc) is 3.14. The highest BCUT2D eigenvalue weighted by Gasteiger charge is 2.83. The Morgan fingerprint density at radius 2 is 2.00 bits per heavy atom. The maximum Gasteiger partial charge on any atom is 0.148 e. The molecular formula is C29H39NO3. The number of rotatable bonds is 2. The molecule has 178 valence electrons. The minimum atomic E-state index is -0.271. The van der Waals surface area contributed by atoms with Gasteiger partial charge in [-0.3, -0.25) is 4.90 Å². The van der Waals surface area contributed by atoms with Crippen molar-refractivity contribution < 1.29 is 14.2 Å². The highest BCUT2D eigenvalue weighted by molar-refractivity contribution is 5.61. The third kappa shape index (κ3) is 2.05. The van der Waals surface area contributed by atoms with Crippen molar-refractivity contribution in [2.24, 2.45) is 16.7 Å². The summed E-state index contributed by atoms with van der Waals surface area (Å²) in [4.78, 5) is 2.74. The summed E-state index contributed by atoms with van der Waals surface area (Å²) in [6.45, 7) is 18.2. The fourth-order valence-electron chi connectivity index (χ4n) is 9.72.